The maximum absolute atomic E-state index is 5.74. The topological polar surface area (TPSA) is 68.9 Å². The molecule has 0 radical (unpaired) electrons. The molecule has 1 aromatic carbocycles. The molecule has 0 fully saturated rings. The van der Waals surface area contributed by atoms with Crippen molar-refractivity contribution in [3.8, 4) is 11.5 Å². The molecule has 0 heterocycles. The first-order valence-electron chi connectivity index (χ1n) is 6.46. The molecule has 0 atom stereocenters. The van der Waals surface area contributed by atoms with Crippen LogP contribution in [0.25, 0.3) is 0 Å². The van der Waals surface area contributed by atoms with Gasteiger partial charge in [0.25, 0.3) is 0 Å². The minimum absolute atomic E-state index is 0. The second-order valence-corrected chi connectivity index (χ2v) is 4.52. The molecule has 0 unspecified atom stereocenters. The Kier molecular flexibility index (Phi) is 9.60. The summed E-state index contributed by atoms with van der Waals surface area (Å²) in [5.41, 5.74) is 7.86. The zero-order valence-electron chi connectivity index (χ0n) is 12.8. The van der Waals surface area contributed by atoms with Crippen molar-refractivity contribution in [1.29, 1.82) is 0 Å². The fourth-order valence-corrected chi connectivity index (χ4v) is 1.65. The second kappa shape index (κ2) is 10.3. The molecule has 6 heteroatoms. The van der Waals surface area contributed by atoms with Crippen molar-refractivity contribution in [2.75, 3.05) is 27.3 Å². The smallest absolute Gasteiger partial charge is 0.188 e. The first-order chi connectivity index (χ1) is 9.56. The lowest BCUT2D eigenvalue weighted by atomic mass is 10.1. The second-order valence-electron chi connectivity index (χ2n) is 4.52. The number of ether oxygens (including phenoxy) is 2. The lowest BCUT2D eigenvalue weighted by molar-refractivity contribution is 0.354. The van der Waals surface area contributed by atoms with Crippen molar-refractivity contribution in [2.45, 2.75) is 13.3 Å². The van der Waals surface area contributed by atoms with Gasteiger partial charge in [0.2, 0.25) is 0 Å². The van der Waals surface area contributed by atoms with E-state index in [1.807, 2.05) is 25.1 Å². The molecule has 0 aromatic heterocycles. The molecule has 0 amide bonds. The van der Waals surface area contributed by atoms with E-state index in [-0.39, 0.29) is 24.0 Å². The molecule has 0 aliphatic heterocycles. The molecule has 1 aromatic rings. The van der Waals surface area contributed by atoms with Crippen LogP contribution in [0.4, 0.5) is 0 Å². The van der Waals surface area contributed by atoms with Crippen LogP contribution in [-0.4, -0.2) is 33.3 Å². The molecule has 0 spiro atoms. The molecule has 0 bridgehead atoms. The summed E-state index contributed by atoms with van der Waals surface area (Å²) in [5, 5.41) is 3.07. The summed E-state index contributed by atoms with van der Waals surface area (Å²) >= 11 is 0. The molecule has 5 nitrogen and oxygen atoms in total. The van der Waals surface area contributed by atoms with Crippen molar-refractivity contribution in [3.63, 3.8) is 0 Å². The molecular formula is C15H24IN3O2. The molecule has 0 saturated heterocycles. The zero-order chi connectivity index (χ0) is 15.0. The van der Waals surface area contributed by atoms with Crippen molar-refractivity contribution in [3.05, 3.63) is 35.9 Å². The van der Waals surface area contributed by atoms with Crippen molar-refractivity contribution >= 4 is 29.9 Å². The Labute approximate surface area is 143 Å². The van der Waals surface area contributed by atoms with Gasteiger partial charge < -0.3 is 20.5 Å². The molecule has 1 rings (SSSR count). The first kappa shape index (κ1) is 19.6. The number of hydrogen-bond acceptors (Lipinski definition) is 3. The normalized spacial score (nSPS) is 10.5. The van der Waals surface area contributed by atoms with Gasteiger partial charge >= 0.3 is 0 Å². The van der Waals surface area contributed by atoms with Gasteiger partial charge in [0, 0.05) is 6.54 Å². The molecule has 21 heavy (non-hydrogen) atoms. The van der Waals surface area contributed by atoms with Crippen LogP contribution in [0.1, 0.15) is 12.5 Å². The van der Waals surface area contributed by atoms with Crippen LogP contribution >= 0.6 is 24.0 Å². The fourth-order valence-electron chi connectivity index (χ4n) is 1.65. The Balaban J connectivity index is 0.00000400. The van der Waals surface area contributed by atoms with Gasteiger partial charge in [0.05, 0.1) is 20.8 Å². The van der Waals surface area contributed by atoms with Crippen LogP contribution in [0.5, 0.6) is 11.5 Å². The van der Waals surface area contributed by atoms with E-state index in [2.05, 4.69) is 16.9 Å². The Morgan fingerprint density at radius 2 is 1.95 bits per heavy atom. The monoisotopic (exact) mass is 405 g/mol. The number of hydrogen-bond donors (Lipinski definition) is 2. The van der Waals surface area contributed by atoms with Crippen LogP contribution in [0.15, 0.2) is 35.3 Å². The number of methoxy groups -OCH3 is 2. The van der Waals surface area contributed by atoms with Gasteiger partial charge in [-0.3, -0.25) is 0 Å². The van der Waals surface area contributed by atoms with Gasteiger partial charge in [0.1, 0.15) is 0 Å². The molecular weight excluding hydrogens is 381 g/mol. The number of nitrogens with two attached hydrogens (primary N) is 1. The Morgan fingerprint density at radius 1 is 1.29 bits per heavy atom. The standard InChI is InChI=1S/C15H23N3O2.HI/c1-11(2)10-18-15(16)17-8-7-12-5-6-13(19-3)14(9-12)20-4;/h5-6,9H,1,7-8,10H2,2-4H3,(H3,16,17,18);1H. The number of rotatable bonds is 7. The highest BCUT2D eigenvalue weighted by Crippen LogP contribution is 2.27. The predicted octanol–water partition coefficient (Wildman–Crippen LogP) is 2.34. The van der Waals surface area contributed by atoms with Gasteiger partial charge in [-0.15, -0.1) is 24.0 Å². The molecule has 3 N–H and O–H groups in total. The largest absolute Gasteiger partial charge is 0.493 e. The number of halogens is 1. The summed E-state index contributed by atoms with van der Waals surface area (Å²) in [6.45, 7) is 6.95. The summed E-state index contributed by atoms with van der Waals surface area (Å²) in [6, 6.07) is 5.86. The molecule has 118 valence electrons. The summed E-state index contributed by atoms with van der Waals surface area (Å²) < 4.78 is 10.5. The summed E-state index contributed by atoms with van der Waals surface area (Å²) in [5.74, 6) is 1.90. The lowest BCUT2D eigenvalue weighted by Crippen LogP contribution is -2.33. The van der Waals surface area contributed by atoms with Crippen molar-refractivity contribution < 1.29 is 9.47 Å². The van der Waals surface area contributed by atoms with E-state index < -0.39 is 0 Å². The summed E-state index contributed by atoms with van der Waals surface area (Å²) in [7, 11) is 3.25. The van der Waals surface area contributed by atoms with E-state index >= 15 is 0 Å². The highest BCUT2D eigenvalue weighted by Gasteiger charge is 2.04. The average molecular weight is 405 g/mol. The van der Waals surface area contributed by atoms with Gasteiger partial charge in [-0.1, -0.05) is 18.2 Å². The van der Waals surface area contributed by atoms with Crippen LogP contribution < -0.4 is 20.5 Å². The van der Waals surface area contributed by atoms with E-state index in [1.165, 1.54) is 0 Å². The van der Waals surface area contributed by atoms with Gasteiger partial charge in [-0.25, -0.2) is 4.99 Å². The van der Waals surface area contributed by atoms with Crippen LogP contribution in [0.3, 0.4) is 0 Å². The van der Waals surface area contributed by atoms with Crippen LogP contribution in [0.2, 0.25) is 0 Å². The van der Waals surface area contributed by atoms with E-state index in [4.69, 9.17) is 15.2 Å². The minimum Gasteiger partial charge on any atom is -0.493 e. The Bertz CT molecular complexity index is 490. The Hall–Kier alpha value is -1.44. The minimum atomic E-state index is 0. The Morgan fingerprint density at radius 3 is 2.52 bits per heavy atom. The first-order valence-corrected chi connectivity index (χ1v) is 6.46. The maximum atomic E-state index is 5.74. The van der Waals surface area contributed by atoms with Crippen LogP contribution in [0, 0.1) is 0 Å². The van der Waals surface area contributed by atoms with Gasteiger partial charge in [-0.05, 0) is 31.0 Å². The highest BCUT2D eigenvalue weighted by molar-refractivity contribution is 14.0. The maximum Gasteiger partial charge on any atom is 0.188 e. The number of nitrogens with zero attached hydrogens (tertiary/aromatic N) is 1. The third-order valence-electron chi connectivity index (χ3n) is 2.69. The third kappa shape index (κ3) is 7.22. The van der Waals surface area contributed by atoms with Crippen molar-refractivity contribution in [2.24, 2.45) is 10.7 Å². The number of guanidine groups is 1. The highest BCUT2D eigenvalue weighted by atomic mass is 127. The van der Waals surface area contributed by atoms with E-state index in [0.717, 1.165) is 29.1 Å². The SMILES string of the molecule is C=C(C)CN=C(N)NCCc1ccc(OC)c(OC)c1.I. The predicted molar refractivity (Wildman–Crippen MR) is 98.0 cm³/mol. The zero-order valence-corrected chi connectivity index (χ0v) is 15.1. The van der Waals surface area contributed by atoms with Crippen LogP contribution in [-0.2, 0) is 6.42 Å². The van der Waals surface area contributed by atoms with Crippen molar-refractivity contribution in [1.82, 2.24) is 5.32 Å². The quantitative estimate of drug-likeness (QED) is 0.316. The molecule has 0 aliphatic carbocycles. The third-order valence-corrected chi connectivity index (χ3v) is 2.69. The van der Waals surface area contributed by atoms with Gasteiger partial charge in [0.15, 0.2) is 17.5 Å². The number of benzene rings is 1. The average Bonchev–Trinajstić information content (AvgIpc) is 2.44. The van der Waals surface area contributed by atoms with E-state index in [9.17, 15) is 0 Å². The molecule has 0 aliphatic rings. The summed E-state index contributed by atoms with van der Waals surface area (Å²) in [6.07, 6.45) is 0.823. The fraction of sp³-hybridized carbons (Fsp3) is 0.400. The lowest BCUT2D eigenvalue weighted by Gasteiger charge is -2.10. The van der Waals surface area contributed by atoms with E-state index in [0.29, 0.717) is 19.0 Å². The molecule has 0 saturated carbocycles. The number of nitrogens with one attached hydrogen (secondary N) is 1. The summed E-state index contributed by atoms with van der Waals surface area (Å²) in [4.78, 5) is 4.16. The van der Waals surface area contributed by atoms with Gasteiger partial charge in [-0.2, -0.15) is 0 Å². The van der Waals surface area contributed by atoms with E-state index in [1.54, 1.807) is 14.2 Å². The number of aliphatic imine (C=N–C) groups is 1.